The van der Waals surface area contributed by atoms with Gasteiger partial charge in [0.15, 0.2) is 6.10 Å². The molecule has 132 valence electrons. The Morgan fingerprint density at radius 2 is 1.81 bits per heavy atom. The van der Waals surface area contributed by atoms with Crippen molar-refractivity contribution in [1.82, 2.24) is 5.43 Å². The van der Waals surface area contributed by atoms with Gasteiger partial charge < -0.3 is 4.74 Å². The maximum atomic E-state index is 12.2. The van der Waals surface area contributed by atoms with Crippen molar-refractivity contribution in [2.75, 3.05) is 0 Å². The summed E-state index contributed by atoms with van der Waals surface area (Å²) >= 11 is 12.0. The van der Waals surface area contributed by atoms with Crippen LogP contribution in [0.25, 0.3) is 10.8 Å². The zero-order chi connectivity index (χ0) is 18.5. The highest BCUT2D eigenvalue weighted by atomic mass is 35.5. The molecular formula is C20H16Cl2N2O2. The minimum Gasteiger partial charge on any atom is -0.480 e. The number of nitrogens with zero attached hydrogens (tertiary/aromatic N) is 1. The van der Waals surface area contributed by atoms with Crippen molar-refractivity contribution >= 4 is 46.1 Å². The van der Waals surface area contributed by atoms with Crippen molar-refractivity contribution in [3.05, 3.63) is 76.3 Å². The average molecular weight is 387 g/mol. The standard InChI is InChI=1S/C20H16Cl2N2O2/c1-13(26-18-11-5-7-14-6-2-3-9-16(14)18)20(25)24-23-12-15-8-4-10-17(21)19(15)22/h2-13H,1H3,(H,24,25)/t13-/m1/s1. The van der Waals surface area contributed by atoms with Crippen LogP contribution in [0.15, 0.2) is 65.8 Å². The van der Waals surface area contributed by atoms with E-state index in [9.17, 15) is 4.79 Å². The molecule has 0 aliphatic rings. The molecule has 0 bridgehead atoms. The monoisotopic (exact) mass is 386 g/mol. The molecule has 3 rings (SSSR count). The number of hydrogen-bond acceptors (Lipinski definition) is 3. The van der Waals surface area contributed by atoms with Crippen molar-refractivity contribution in [2.45, 2.75) is 13.0 Å². The van der Waals surface area contributed by atoms with Crippen molar-refractivity contribution in [3.63, 3.8) is 0 Å². The van der Waals surface area contributed by atoms with E-state index in [1.807, 2.05) is 42.5 Å². The van der Waals surface area contributed by atoms with Crippen LogP contribution in [-0.4, -0.2) is 18.2 Å². The van der Waals surface area contributed by atoms with Crippen LogP contribution in [0, 0.1) is 0 Å². The largest absolute Gasteiger partial charge is 0.480 e. The number of ether oxygens (including phenoxy) is 1. The number of hydrogen-bond donors (Lipinski definition) is 1. The van der Waals surface area contributed by atoms with Crippen LogP contribution in [0.4, 0.5) is 0 Å². The summed E-state index contributed by atoms with van der Waals surface area (Å²) in [6.45, 7) is 1.67. The molecule has 4 nitrogen and oxygen atoms in total. The molecule has 0 heterocycles. The number of rotatable bonds is 5. The Morgan fingerprint density at radius 1 is 1.08 bits per heavy atom. The third-order valence-corrected chi connectivity index (χ3v) is 4.62. The first kappa shape index (κ1) is 18.2. The average Bonchev–Trinajstić information content (AvgIpc) is 2.65. The molecule has 0 fully saturated rings. The van der Waals surface area contributed by atoms with Gasteiger partial charge in [-0.15, -0.1) is 0 Å². The molecule has 0 saturated carbocycles. The lowest BCUT2D eigenvalue weighted by Crippen LogP contribution is -2.33. The van der Waals surface area contributed by atoms with Crippen LogP contribution < -0.4 is 10.2 Å². The summed E-state index contributed by atoms with van der Waals surface area (Å²) in [5, 5.41) is 6.72. The molecule has 0 saturated heterocycles. The van der Waals surface area contributed by atoms with E-state index in [4.69, 9.17) is 27.9 Å². The van der Waals surface area contributed by atoms with Gasteiger partial charge in [0.25, 0.3) is 5.91 Å². The molecule has 0 spiro atoms. The molecule has 1 N–H and O–H groups in total. The summed E-state index contributed by atoms with van der Waals surface area (Å²) in [5.41, 5.74) is 3.06. The molecule has 1 amide bonds. The predicted molar refractivity (Wildman–Crippen MR) is 106 cm³/mol. The second-order valence-corrected chi connectivity index (χ2v) is 6.40. The molecule has 0 unspecified atom stereocenters. The van der Waals surface area contributed by atoms with E-state index in [0.29, 0.717) is 21.4 Å². The van der Waals surface area contributed by atoms with E-state index in [-0.39, 0.29) is 5.91 Å². The highest BCUT2D eigenvalue weighted by Gasteiger charge is 2.15. The van der Waals surface area contributed by atoms with E-state index in [2.05, 4.69) is 10.5 Å². The minimum absolute atomic E-state index is 0.368. The quantitative estimate of drug-likeness (QED) is 0.491. The number of hydrazone groups is 1. The van der Waals surface area contributed by atoms with Crippen molar-refractivity contribution < 1.29 is 9.53 Å². The first-order valence-electron chi connectivity index (χ1n) is 7.97. The summed E-state index contributed by atoms with van der Waals surface area (Å²) in [4.78, 5) is 12.2. The van der Waals surface area contributed by atoms with Gasteiger partial charge in [-0.25, -0.2) is 5.43 Å². The lowest BCUT2D eigenvalue weighted by atomic mass is 10.1. The van der Waals surface area contributed by atoms with Crippen LogP contribution in [0.5, 0.6) is 5.75 Å². The normalized spacial score (nSPS) is 12.3. The SMILES string of the molecule is C[C@@H](Oc1cccc2ccccc12)C(=O)NN=Cc1cccc(Cl)c1Cl. The maximum absolute atomic E-state index is 12.2. The van der Waals surface area contributed by atoms with Gasteiger partial charge in [-0.05, 0) is 24.4 Å². The van der Waals surface area contributed by atoms with Crippen LogP contribution in [-0.2, 0) is 4.79 Å². The second kappa shape index (κ2) is 8.21. The Labute approximate surface area is 161 Å². The first-order valence-corrected chi connectivity index (χ1v) is 8.73. The molecule has 0 radical (unpaired) electrons. The van der Waals surface area contributed by atoms with Gasteiger partial charge in [0, 0.05) is 10.9 Å². The number of carbonyl (C=O) groups excluding carboxylic acids is 1. The molecule has 0 aliphatic heterocycles. The van der Waals surface area contributed by atoms with E-state index in [0.717, 1.165) is 10.8 Å². The molecule has 3 aromatic carbocycles. The Balaban J connectivity index is 1.66. The highest BCUT2D eigenvalue weighted by molar-refractivity contribution is 6.43. The zero-order valence-corrected chi connectivity index (χ0v) is 15.5. The molecule has 3 aromatic rings. The van der Waals surface area contributed by atoms with Crippen LogP contribution >= 0.6 is 23.2 Å². The van der Waals surface area contributed by atoms with Crippen molar-refractivity contribution in [2.24, 2.45) is 5.10 Å². The van der Waals surface area contributed by atoms with Crippen molar-refractivity contribution in [1.29, 1.82) is 0 Å². The number of nitrogens with one attached hydrogen (secondary N) is 1. The lowest BCUT2D eigenvalue weighted by molar-refractivity contribution is -0.127. The lowest BCUT2D eigenvalue weighted by Gasteiger charge is -2.14. The van der Waals surface area contributed by atoms with Crippen LogP contribution in [0.1, 0.15) is 12.5 Å². The van der Waals surface area contributed by atoms with E-state index >= 15 is 0 Å². The fourth-order valence-corrected chi connectivity index (χ4v) is 2.78. The van der Waals surface area contributed by atoms with E-state index in [1.165, 1.54) is 6.21 Å². The molecule has 26 heavy (non-hydrogen) atoms. The van der Waals surface area contributed by atoms with E-state index in [1.54, 1.807) is 25.1 Å². The second-order valence-electron chi connectivity index (χ2n) is 5.61. The Morgan fingerprint density at radius 3 is 2.65 bits per heavy atom. The smallest absolute Gasteiger partial charge is 0.280 e. The number of carbonyl (C=O) groups is 1. The van der Waals surface area contributed by atoms with Gasteiger partial charge in [-0.3, -0.25) is 4.79 Å². The van der Waals surface area contributed by atoms with Crippen LogP contribution in [0.3, 0.4) is 0 Å². The maximum Gasteiger partial charge on any atom is 0.280 e. The van der Waals surface area contributed by atoms with Crippen molar-refractivity contribution in [3.8, 4) is 5.75 Å². The predicted octanol–water partition coefficient (Wildman–Crippen LogP) is 5.06. The number of amides is 1. The number of fused-ring (bicyclic) bond motifs is 1. The minimum atomic E-state index is -0.715. The zero-order valence-electron chi connectivity index (χ0n) is 13.9. The Kier molecular flexibility index (Phi) is 5.76. The number of halogens is 2. The van der Waals surface area contributed by atoms with Gasteiger partial charge in [0.05, 0.1) is 16.3 Å². The highest BCUT2D eigenvalue weighted by Crippen LogP contribution is 2.26. The molecule has 6 heteroatoms. The Hall–Kier alpha value is -2.56. The number of benzene rings is 3. The topological polar surface area (TPSA) is 50.7 Å². The van der Waals surface area contributed by atoms with Crippen LogP contribution in [0.2, 0.25) is 10.0 Å². The van der Waals surface area contributed by atoms with Gasteiger partial charge in [0.2, 0.25) is 0 Å². The summed E-state index contributed by atoms with van der Waals surface area (Å²) in [7, 11) is 0. The molecule has 1 atom stereocenters. The summed E-state index contributed by atoms with van der Waals surface area (Å²) in [6, 6.07) is 18.7. The molecular weight excluding hydrogens is 371 g/mol. The fraction of sp³-hybridized carbons (Fsp3) is 0.100. The van der Waals surface area contributed by atoms with Gasteiger partial charge in [-0.1, -0.05) is 71.7 Å². The van der Waals surface area contributed by atoms with Gasteiger partial charge in [0.1, 0.15) is 5.75 Å². The van der Waals surface area contributed by atoms with E-state index < -0.39 is 6.10 Å². The summed E-state index contributed by atoms with van der Waals surface area (Å²) in [5.74, 6) is 0.278. The molecule has 0 aromatic heterocycles. The third kappa shape index (κ3) is 4.15. The summed E-state index contributed by atoms with van der Waals surface area (Å²) < 4.78 is 5.80. The summed E-state index contributed by atoms with van der Waals surface area (Å²) in [6.07, 6.45) is 0.726. The van der Waals surface area contributed by atoms with Gasteiger partial charge in [-0.2, -0.15) is 5.10 Å². The molecule has 0 aliphatic carbocycles. The first-order chi connectivity index (χ1) is 12.6. The third-order valence-electron chi connectivity index (χ3n) is 3.78. The van der Waals surface area contributed by atoms with Gasteiger partial charge >= 0.3 is 0 Å². The Bertz CT molecular complexity index is 968. The fourth-order valence-electron chi connectivity index (χ4n) is 2.42.